The third-order valence-electron chi connectivity index (χ3n) is 4.50. The maximum Gasteiger partial charge on any atom is 0.274 e. The molecule has 0 spiro atoms. The van der Waals surface area contributed by atoms with Crippen LogP contribution in [0.5, 0.6) is 0 Å². The summed E-state index contributed by atoms with van der Waals surface area (Å²) in [5, 5.41) is 35.6. The number of benzene rings is 2. The molecule has 0 amide bonds. The average Bonchev–Trinajstić information content (AvgIpc) is 2.77. The Morgan fingerprint density at radius 3 is 2.50 bits per heavy atom. The molecule has 0 saturated heterocycles. The van der Waals surface area contributed by atoms with E-state index >= 15 is 0 Å². The number of hydrogen-bond donors (Lipinski definition) is 1. The molecule has 2 aromatic rings. The molecule has 124 valence electrons. The summed E-state index contributed by atoms with van der Waals surface area (Å²) in [7, 11) is 0. The van der Waals surface area contributed by atoms with Gasteiger partial charge in [0.2, 0.25) is 5.71 Å². The average molecular weight is 327 g/mol. The molecule has 0 aromatic heterocycles. The van der Waals surface area contributed by atoms with Crippen molar-refractivity contribution in [3.05, 3.63) is 81.0 Å². The molecule has 0 radical (unpaired) electrons. The van der Waals surface area contributed by atoms with E-state index in [1.54, 1.807) is 32.0 Å². The molecule has 1 N–H and O–H groups in total. The van der Waals surface area contributed by atoms with E-state index in [1.165, 1.54) is 18.2 Å². The highest BCUT2D eigenvalue weighted by atomic mass is 16.6. The Kier molecular flexibility index (Phi) is 3.82. The van der Waals surface area contributed by atoms with Gasteiger partial charge in [0.1, 0.15) is 6.04 Å². The van der Waals surface area contributed by atoms with E-state index in [1.807, 2.05) is 18.2 Å². The first kappa shape index (κ1) is 16.1. The third-order valence-corrected chi connectivity index (χ3v) is 4.50. The van der Waals surface area contributed by atoms with Crippen LogP contribution in [0.2, 0.25) is 0 Å². The summed E-state index contributed by atoms with van der Waals surface area (Å²) < 4.78 is 0.728. The van der Waals surface area contributed by atoms with Crippen LogP contribution in [-0.2, 0) is 5.66 Å². The normalized spacial score (nSPS) is 24.4. The van der Waals surface area contributed by atoms with E-state index in [-0.39, 0.29) is 5.69 Å². The Morgan fingerprint density at radius 1 is 1.21 bits per heavy atom. The lowest BCUT2D eigenvalue weighted by Gasteiger charge is -2.29. The van der Waals surface area contributed by atoms with E-state index < -0.39 is 16.6 Å². The Labute approximate surface area is 138 Å². The summed E-state index contributed by atoms with van der Waals surface area (Å²) in [5.74, 6) is 0. The Bertz CT molecular complexity index is 822. The van der Waals surface area contributed by atoms with Crippen LogP contribution < -0.4 is 0 Å². The molecule has 0 unspecified atom stereocenters. The summed E-state index contributed by atoms with van der Waals surface area (Å²) in [6.07, 6.45) is 0. The quantitative estimate of drug-likeness (QED) is 0.405. The zero-order valence-electron chi connectivity index (χ0n) is 13.3. The minimum absolute atomic E-state index is 0.128. The highest BCUT2D eigenvalue weighted by Gasteiger charge is 2.54. The lowest BCUT2D eigenvalue weighted by Crippen LogP contribution is -2.45. The number of nitrogens with zero attached hydrogens (tertiary/aromatic N) is 3. The van der Waals surface area contributed by atoms with Crippen molar-refractivity contribution >= 4 is 11.4 Å². The van der Waals surface area contributed by atoms with Gasteiger partial charge in [-0.15, -0.1) is 5.06 Å². The van der Waals surface area contributed by atoms with Gasteiger partial charge in [0.15, 0.2) is 0 Å². The van der Waals surface area contributed by atoms with Crippen LogP contribution in [0.15, 0.2) is 54.6 Å². The van der Waals surface area contributed by atoms with Gasteiger partial charge in [-0.25, -0.2) is 0 Å². The Balaban J connectivity index is 2.17. The van der Waals surface area contributed by atoms with E-state index in [9.17, 15) is 20.5 Å². The van der Waals surface area contributed by atoms with Gasteiger partial charge < -0.3 is 10.4 Å². The van der Waals surface area contributed by atoms with Gasteiger partial charge in [-0.3, -0.25) is 10.1 Å². The number of non-ortho nitro benzene ring substituents is 1. The number of rotatable bonds is 3. The van der Waals surface area contributed by atoms with Gasteiger partial charge in [-0.2, -0.15) is 4.74 Å². The molecule has 24 heavy (non-hydrogen) atoms. The van der Waals surface area contributed by atoms with Crippen LogP contribution in [0.25, 0.3) is 0 Å². The second kappa shape index (κ2) is 5.70. The molecule has 1 aliphatic rings. The highest BCUT2D eigenvalue weighted by molar-refractivity contribution is 6.01. The number of nitro groups is 1. The van der Waals surface area contributed by atoms with Gasteiger partial charge >= 0.3 is 0 Å². The van der Waals surface area contributed by atoms with Crippen molar-refractivity contribution in [1.29, 1.82) is 0 Å². The number of hydrogen-bond acceptors (Lipinski definition) is 5. The van der Waals surface area contributed by atoms with Crippen molar-refractivity contribution in [1.82, 2.24) is 5.06 Å². The molecule has 7 nitrogen and oxygen atoms in total. The number of nitro benzene ring substituents is 1. The zero-order valence-corrected chi connectivity index (χ0v) is 13.3. The summed E-state index contributed by atoms with van der Waals surface area (Å²) in [5.41, 5.74) is -0.111. The lowest BCUT2D eigenvalue weighted by molar-refractivity contribution is -0.595. The van der Waals surface area contributed by atoms with E-state index in [0.717, 1.165) is 9.80 Å². The van der Waals surface area contributed by atoms with Crippen molar-refractivity contribution in [2.75, 3.05) is 0 Å². The zero-order chi connectivity index (χ0) is 17.5. The molecular formula is C17H17N3O4. The van der Waals surface area contributed by atoms with Crippen molar-refractivity contribution in [3.63, 3.8) is 0 Å². The highest BCUT2D eigenvalue weighted by Crippen LogP contribution is 2.37. The van der Waals surface area contributed by atoms with Gasteiger partial charge in [-0.1, -0.05) is 24.3 Å². The first-order valence-corrected chi connectivity index (χ1v) is 7.50. The summed E-state index contributed by atoms with van der Waals surface area (Å²) in [6.45, 7) is 3.27. The van der Waals surface area contributed by atoms with Crippen LogP contribution in [0, 0.1) is 15.3 Å². The monoisotopic (exact) mass is 327 g/mol. The van der Waals surface area contributed by atoms with Crippen LogP contribution in [0.1, 0.15) is 25.0 Å². The van der Waals surface area contributed by atoms with E-state index in [0.29, 0.717) is 16.8 Å². The maximum absolute atomic E-state index is 13.0. The topological polar surface area (TPSA) is 92.7 Å². The summed E-state index contributed by atoms with van der Waals surface area (Å²) in [6, 6.07) is 14.3. The smallest absolute Gasteiger partial charge is 0.274 e. The third kappa shape index (κ3) is 2.26. The van der Waals surface area contributed by atoms with Crippen molar-refractivity contribution in [3.8, 4) is 0 Å². The number of hydroxylamine groups is 3. The molecule has 1 heterocycles. The fourth-order valence-corrected chi connectivity index (χ4v) is 3.12. The first-order chi connectivity index (χ1) is 11.4. The second-order valence-corrected chi connectivity index (χ2v) is 5.89. The van der Waals surface area contributed by atoms with Crippen LogP contribution in [0.4, 0.5) is 5.69 Å². The predicted molar refractivity (Wildman–Crippen MR) is 87.7 cm³/mol. The van der Waals surface area contributed by atoms with E-state index in [4.69, 9.17) is 0 Å². The molecule has 0 saturated carbocycles. The van der Waals surface area contributed by atoms with Gasteiger partial charge in [0.25, 0.3) is 11.4 Å². The van der Waals surface area contributed by atoms with Gasteiger partial charge in [-0.05, 0) is 25.1 Å². The van der Waals surface area contributed by atoms with Crippen LogP contribution in [-0.4, -0.2) is 31.7 Å². The fraction of sp³-hybridized carbons (Fsp3) is 0.235. The summed E-state index contributed by atoms with van der Waals surface area (Å²) in [4.78, 5) is 10.5. The lowest BCUT2D eigenvalue weighted by atomic mass is 10.0. The van der Waals surface area contributed by atoms with Gasteiger partial charge in [0, 0.05) is 30.2 Å². The van der Waals surface area contributed by atoms with Crippen molar-refractivity contribution in [2.45, 2.75) is 25.6 Å². The van der Waals surface area contributed by atoms with Gasteiger partial charge in [0.05, 0.1) is 4.92 Å². The van der Waals surface area contributed by atoms with Crippen LogP contribution in [0.3, 0.4) is 0 Å². The first-order valence-electron chi connectivity index (χ1n) is 7.50. The minimum Gasteiger partial charge on any atom is -0.622 e. The molecule has 2 aromatic carbocycles. The molecule has 2 atom stereocenters. The predicted octanol–water partition coefficient (Wildman–Crippen LogP) is 2.86. The molecule has 7 heteroatoms. The molecule has 0 bridgehead atoms. The van der Waals surface area contributed by atoms with Crippen molar-refractivity contribution in [2.24, 2.45) is 0 Å². The Morgan fingerprint density at radius 2 is 1.88 bits per heavy atom. The molecule has 0 aliphatic carbocycles. The second-order valence-electron chi connectivity index (χ2n) is 5.89. The minimum atomic E-state index is -1.45. The molecular weight excluding hydrogens is 310 g/mol. The molecule has 0 fully saturated rings. The molecule has 1 aliphatic heterocycles. The SMILES string of the molecule is C[C@@H]1C(c2ccccc2)=[N+]([O-])[C@](C)(c2cccc([N+](=O)[O-])c2)N1O. The fourth-order valence-electron chi connectivity index (χ4n) is 3.12. The largest absolute Gasteiger partial charge is 0.622 e. The maximum atomic E-state index is 13.0. The van der Waals surface area contributed by atoms with Crippen LogP contribution >= 0.6 is 0 Å². The van der Waals surface area contributed by atoms with Crippen molar-refractivity contribution < 1.29 is 14.9 Å². The molecule has 3 rings (SSSR count). The summed E-state index contributed by atoms with van der Waals surface area (Å²) >= 11 is 0. The Hall–Kier alpha value is -2.77. The van der Waals surface area contributed by atoms with E-state index in [2.05, 4.69) is 0 Å². The standard InChI is InChI=1S/C17H17N3O4/c1-12-16(13-7-4-3-5-8-13)19(22)17(2,18(12)21)14-9-6-10-15(11-14)20(23)24/h3-12,21H,1-2H3/t12-,17-/m1/s1.